The van der Waals surface area contributed by atoms with Crippen LogP contribution in [0.5, 0.6) is 0 Å². The average molecular weight is 452 g/mol. The van der Waals surface area contributed by atoms with Crippen LogP contribution in [0.3, 0.4) is 0 Å². The van der Waals surface area contributed by atoms with Crippen molar-refractivity contribution >= 4 is 47.5 Å². The summed E-state index contributed by atoms with van der Waals surface area (Å²) in [5.74, 6) is 0.755. The molecule has 0 spiro atoms. The number of pyridine rings is 1. The predicted molar refractivity (Wildman–Crippen MR) is 112 cm³/mol. The second-order valence-corrected chi connectivity index (χ2v) is 10.9. The minimum atomic E-state index is -0.860. The van der Waals surface area contributed by atoms with Gasteiger partial charge in [-0.25, -0.2) is 9.67 Å². The fraction of sp³-hybridized carbons (Fsp3) is 0.368. The molecule has 0 fully saturated rings. The van der Waals surface area contributed by atoms with Gasteiger partial charge in [0.25, 0.3) is 0 Å². The summed E-state index contributed by atoms with van der Waals surface area (Å²) in [5.41, 5.74) is 1.79. The van der Waals surface area contributed by atoms with Crippen LogP contribution in [-0.2, 0) is 4.43 Å². The number of fused-ring (bicyclic) bond motifs is 1. The first-order valence-corrected chi connectivity index (χ1v) is 12.0. The molecule has 4 nitrogen and oxygen atoms in total. The molecule has 0 amide bonds. The van der Waals surface area contributed by atoms with Crippen molar-refractivity contribution in [1.29, 1.82) is 0 Å². The quantitative estimate of drug-likeness (QED) is 0.444. The Morgan fingerprint density at radius 3 is 2.62 bits per heavy atom. The highest BCUT2D eigenvalue weighted by atomic mass is 79.9. The van der Waals surface area contributed by atoms with Crippen LogP contribution in [0.1, 0.15) is 32.6 Å². The predicted octanol–water partition coefficient (Wildman–Crippen LogP) is 6.19. The van der Waals surface area contributed by atoms with E-state index in [9.17, 15) is 0 Å². The minimum Gasteiger partial charge on any atom is -0.408 e. The number of benzene rings is 1. The number of rotatable bonds is 4. The van der Waals surface area contributed by atoms with E-state index in [0.717, 1.165) is 26.9 Å². The van der Waals surface area contributed by atoms with E-state index in [1.165, 1.54) is 0 Å². The van der Waals surface area contributed by atoms with Crippen LogP contribution in [0.2, 0.25) is 18.1 Å². The lowest BCUT2D eigenvalue weighted by atomic mass is 9.87. The van der Waals surface area contributed by atoms with Crippen molar-refractivity contribution in [2.45, 2.75) is 40.0 Å². The molecule has 0 aliphatic heterocycles. The van der Waals surface area contributed by atoms with E-state index in [1.54, 1.807) is 6.20 Å². The van der Waals surface area contributed by atoms with Gasteiger partial charge in [-0.3, -0.25) is 0 Å². The summed E-state index contributed by atoms with van der Waals surface area (Å²) in [7, 11) is -0.860. The fourth-order valence-electron chi connectivity index (χ4n) is 2.85. The lowest BCUT2D eigenvalue weighted by Crippen LogP contribution is -2.27. The molecule has 3 rings (SSSR count). The van der Waals surface area contributed by atoms with Crippen molar-refractivity contribution in [3.05, 3.63) is 51.7 Å². The van der Waals surface area contributed by atoms with Gasteiger partial charge in [-0.2, -0.15) is 5.10 Å². The maximum Gasteiger partial charge on any atom is 0.205 e. The zero-order chi connectivity index (χ0) is 19.1. The summed E-state index contributed by atoms with van der Waals surface area (Å²) < 4.78 is 9.01. The highest BCUT2D eigenvalue weighted by Gasteiger charge is 2.29. The number of nitrogens with zero attached hydrogens (tertiary/aromatic N) is 3. The fourth-order valence-corrected chi connectivity index (χ4v) is 4.64. The Hall–Kier alpha value is -1.21. The Labute approximate surface area is 169 Å². The standard InChI is InChI=1S/C19H22BrClN3OSi/c1-19(2,3)18(25-26(4)5)15-7-6-8-17(23-15)24-16-10-12(20)9-14(21)13(16)11-22-24/h6-11,18H,1-5H3. The van der Waals surface area contributed by atoms with Gasteiger partial charge in [0, 0.05) is 9.86 Å². The third-order valence-corrected chi connectivity index (χ3v) is 5.46. The van der Waals surface area contributed by atoms with Gasteiger partial charge in [-0.1, -0.05) is 54.4 Å². The van der Waals surface area contributed by atoms with Crippen molar-refractivity contribution < 1.29 is 4.43 Å². The molecule has 26 heavy (non-hydrogen) atoms. The molecule has 0 N–H and O–H groups in total. The molecule has 2 heterocycles. The molecule has 1 radical (unpaired) electrons. The van der Waals surface area contributed by atoms with Gasteiger partial charge in [-0.15, -0.1) is 0 Å². The van der Waals surface area contributed by atoms with Crippen LogP contribution >= 0.6 is 27.5 Å². The van der Waals surface area contributed by atoms with E-state index in [0.29, 0.717) is 5.02 Å². The van der Waals surface area contributed by atoms with Gasteiger partial charge < -0.3 is 4.43 Å². The molecule has 1 unspecified atom stereocenters. The molecule has 2 aromatic heterocycles. The van der Waals surface area contributed by atoms with Gasteiger partial charge in [0.05, 0.1) is 28.5 Å². The SMILES string of the molecule is C[Si](C)OC(c1cccc(-n2ncc3c(Cl)cc(Br)cc32)n1)C(C)(C)C. The van der Waals surface area contributed by atoms with Crippen LogP contribution in [0.4, 0.5) is 0 Å². The Morgan fingerprint density at radius 1 is 1.23 bits per heavy atom. The molecule has 1 aromatic carbocycles. The zero-order valence-corrected chi connectivity index (χ0v) is 18.9. The summed E-state index contributed by atoms with van der Waals surface area (Å²) in [5, 5.41) is 6.07. The average Bonchev–Trinajstić information content (AvgIpc) is 2.95. The first-order valence-electron chi connectivity index (χ1n) is 8.44. The molecule has 0 bridgehead atoms. The summed E-state index contributed by atoms with van der Waals surface area (Å²) in [6.45, 7) is 10.8. The van der Waals surface area contributed by atoms with E-state index < -0.39 is 9.04 Å². The molecule has 0 saturated heterocycles. The second kappa shape index (κ2) is 7.42. The van der Waals surface area contributed by atoms with Crippen molar-refractivity contribution in [3.63, 3.8) is 0 Å². The highest BCUT2D eigenvalue weighted by molar-refractivity contribution is 9.10. The summed E-state index contributed by atoms with van der Waals surface area (Å²) >= 11 is 9.84. The normalized spacial score (nSPS) is 13.5. The number of aromatic nitrogens is 3. The Balaban J connectivity index is 2.10. The summed E-state index contributed by atoms with van der Waals surface area (Å²) in [4.78, 5) is 4.88. The molecule has 0 saturated carbocycles. The van der Waals surface area contributed by atoms with Crippen molar-refractivity contribution in [2.75, 3.05) is 0 Å². The molecular formula is C19H22BrClN3OSi. The Morgan fingerprint density at radius 2 is 1.96 bits per heavy atom. The summed E-state index contributed by atoms with van der Waals surface area (Å²) in [6.07, 6.45) is 1.71. The largest absolute Gasteiger partial charge is 0.408 e. The maximum atomic E-state index is 6.34. The molecule has 137 valence electrons. The second-order valence-electron chi connectivity index (χ2n) is 7.57. The lowest BCUT2D eigenvalue weighted by Gasteiger charge is -2.32. The van der Waals surface area contributed by atoms with E-state index in [4.69, 9.17) is 21.0 Å². The van der Waals surface area contributed by atoms with Crippen molar-refractivity contribution in [3.8, 4) is 5.82 Å². The van der Waals surface area contributed by atoms with Gasteiger partial charge in [0.2, 0.25) is 9.04 Å². The molecule has 0 aliphatic carbocycles. The number of halogens is 2. The number of hydrogen-bond acceptors (Lipinski definition) is 3. The summed E-state index contributed by atoms with van der Waals surface area (Å²) in [6, 6.07) is 9.85. The van der Waals surface area contributed by atoms with Crippen LogP contribution < -0.4 is 0 Å². The first kappa shape index (κ1) is 19.5. The first-order chi connectivity index (χ1) is 12.2. The van der Waals surface area contributed by atoms with Gasteiger partial charge in [0.1, 0.15) is 0 Å². The molecule has 0 aliphatic rings. The van der Waals surface area contributed by atoms with Gasteiger partial charge in [0.15, 0.2) is 5.82 Å². The molecule has 3 aromatic rings. The molecule has 1 atom stereocenters. The molecular weight excluding hydrogens is 430 g/mol. The lowest BCUT2D eigenvalue weighted by molar-refractivity contribution is 0.0827. The maximum absolute atomic E-state index is 6.34. The van der Waals surface area contributed by atoms with E-state index >= 15 is 0 Å². The van der Waals surface area contributed by atoms with Gasteiger partial charge >= 0.3 is 0 Å². The van der Waals surface area contributed by atoms with Crippen LogP contribution in [-0.4, -0.2) is 23.8 Å². The van der Waals surface area contributed by atoms with Crippen molar-refractivity contribution in [2.24, 2.45) is 5.41 Å². The third-order valence-electron chi connectivity index (χ3n) is 3.98. The Kier molecular flexibility index (Phi) is 5.58. The van der Waals surface area contributed by atoms with Crippen LogP contribution in [0, 0.1) is 5.41 Å². The van der Waals surface area contributed by atoms with Gasteiger partial charge in [-0.05, 0) is 42.8 Å². The highest BCUT2D eigenvalue weighted by Crippen LogP contribution is 2.36. The van der Waals surface area contributed by atoms with E-state index in [-0.39, 0.29) is 11.5 Å². The number of hydrogen-bond donors (Lipinski definition) is 0. The zero-order valence-electron chi connectivity index (χ0n) is 15.5. The smallest absolute Gasteiger partial charge is 0.205 e. The Bertz CT molecular complexity index is 936. The topological polar surface area (TPSA) is 39.9 Å². The molecule has 7 heteroatoms. The minimum absolute atomic E-state index is 0.0495. The van der Waals surface area contributed by atoms with Crippen LogP contribution in [0.25, 0.3) is 16.7 Å². The van der Waals surface area contributed by atoms with Crippen molar-refractivity contribution in [1.82, 2.24) is 14.8 Å². The van der Waals surface area contributed by atoms with Crippen LogP contribution in [0.15, 0.2) is 41.0 Å². The monoisotopic (exact) mass is 450 g/mol. The van der Waals surface area contributed by atoms with E-state index in [1.807, 2.05) is 35.0 Å². The third kappa shape index (κ3) is 4.03. The van der Waals surface area contributed by atoms with E-state index in [2.05, 4.69) is 54.9 Å².